The zero-order valence-electron chi connectivity index (χ0n) is 17.8. The fourth-order valence-corrected chi connectivity index (χ4v) is 3.75. The van der Waals surface area contributed by atoms with Crippen molar-refractivity contribution in [1.82, 2.24) is 10.6 Å². The number of ether oxygens (including phenoxy) is 2. The average molecular weight is 401 g/mol. The molecule has 0 atom stereocenters. The molecule has 0 bridgehead atoms. The molecular formula is C20H40N4O4+2. The first-order valence-electron chi connectivity index (χ1n) is 10.8. The van der Waals surface area contributed by atoms with Crippen molar-refractivity contribution in [2.75, 3.05) is 92.9 Å². The SMILES string of the molecule is C[N+]1(CC(=O)NCCCCCCNC(=O)C[N+]2(C)CCOCC2)CCOCC1. The van der Waals surface area contributed by atoms with Crippen LogP contribution >= 0.6 is 0 Å². The smallest absolute Gasteiger partial charge is 0.275 e. The molecule has 2 saturated heterocycles. The van der Waals surface area contributed by atoms with Gasteiger partial charge in [0.25, 0.3) is 11.8 Å². The molecule has 2 aliphatic rings. The molecule has 0 aromatic heterocycles. The van der Waals surface area contributed by atoms with Crippen LogP contribution in [0.15, 0.2) is 0 Å². The average Bonchev–Trinajstić information content (AvgIpc) is 2.64. The Balaban J connectivity index is 1.43. The van der Waals surface area contributed by atoms with E-state index in [4.69, 9.17) is 9.47 Å². The lowest BCUT2D eigenvalue weighted by Gasteiger charge is -2.36. The number of morpholine rings is 2. The summed E-state index contributed by atoms with van der Waals surface area (Å²) in [5.41, 5.74) is 0. The number of amides is 2. The second-order valence-corrected chi connectivity index (χ2v) is 8.79. The summed E-state index contributed by atoms with van der Waals surface area (Å²) in [5.74, 6) is 0.271. The highest BCUT2D eigenvalue weighted by molar-refractivity contribution is 5.77. The summed E-state index contributed by atoms with van der Waals surface area (Å²) in [7, 11) is 4.25. The molecule has 0 spiro atoms. The molecule has 2 rings (SSSR count). The third kappa shape index (κ3) is 8.86. The van der Waals surface area contributed by atoms with E-state index in [1.54, 1.807) is 0 Å². The van der Waals surface area contributed by atoms with Crippen LogP contribution in [0.1, 0.15) is 25.7 Å². The highest BCUT2D eigenvalue weighted by Crippen LogP contribution is 2.08. The molecule has 0 radical (unpaired) electrons. The van der Waals surface area contributed by atoms with Gasteiger partial charge < -0.3 is 29.1 Å². The Kier molecular flexibility index (Phi) is 9.64. The first-order valence-corrected chi connectivity index (χ1v) is 10.8. The Morgan fingerprint density at radius 2 is 1.04 bits per heavy atom. The number of quaternary nitrogens is 2. The van der Waals surface area contributed by atoms with Gasteiger partial charge in [-0.2, -0.15) is 0 Å². The summed E-state index contributed by atoms with van der Waals surface area (Å²) in [5, 5.41) is 6.07. The van der Waals surface area contributed by atoms with E-state index in [-0.39, 0.29) is 11.8 Å². The van der Waals surface area contributed by atoms with Gasteiger partial charge in [0.05, 0.1) is 40.5 Å². The predicted molar refractivity (Wildman–Crippen MR) is 108 cm³/mol. The maximum atomic E-state index is 12.1. The largest absolute Gasteiger partial charge is 0.370 e. The topological polar surface area (TPSA) is 76.7 Å². The molecule has 28 heavy (non-hydrogen) atoms. The highest BCUT2D eigenvalue weighted by atomic mass is 16.5. The van der Waals surface area contributed by atoms with Crippen molar-refractivity contribution in [1.29, 1.82) is 0 Å². The summed E-state index contributed by atoms with van der Waals surface area (Å²) >= 11 is 0. The Labute approximate surface area is 169 Å². The van der Waals surface area contributed by atoms with Gasteiger partial charge in [-0.3, -0.25) is 9.59 Å². The first-order chi connectivity index (χ1) is 13.4. The molecule has 8 nitrogen and oxygen atoms in total. The van der Waals surface area contributed by atoms with Gasteiger partial charge in [0.2, 0.25) is 0 Å². The van der Waals surface area contributed by atoms with Crippen LogP contribution in [-0.4, -0.2) is 114 Å². The van der Waals surface area contributed by atoms with Crippen LogP contribution in [0.25, 0.3) is 0 Å². The molecule has 2 aliphatic heterocycles. The second kappa shape index (κ2) is 11.7. The number of nitrogens with zero attached hydrogens (tertiary/aromatic N) is 2. The summed E-state index contributed by atoms with van der Waals surface area (Å²) in [6.45, 7) is 9.16. The molecule has 8 heteroatoms. The van der Waals surface area contributed by atoms with E-state index in [2.05, 4.69) is 24.7 Å². The number of hydrogen-bond acceptors (Lipinski definition) is 4. The maximum absolute atomic E-state index is 12.1. The van der Waals surface area contributed by atoms with Crippen LogP contribution in [0.2, 0.25) is 0 Å². The number of unbranched alkanes of at least 4 members (excludes halogenated alkanes) is 3. The van der Waals surface area contributed by atoms with Crippen molar-refractivity contribution in [2.45, 2.75) is 25.7 Å². The number of hydrogen-bond donors (Lipinski definition) is 2. The van der Waals surface area contributed by atoms with Crippen LogP contribution < -0.4 is 10.6 Å². The quantitative estimate of drug-likeness (QED) is 0.370. The van der Waals surface area contributed by atoms with E-state index >= 15 is 0 Å². The Hall–Kier alpha value is -1.22. The van der Waals surface area contributed by atoms with E-state index in [1.165, 1.54) is 0 Å². The van der Waals surface area contributed by atoms with Crippen LogP contribution in [-0.2, 0) is 19.1 Å². The van der Waals surface area contributed by atoms with E-state index in [1.807, 2.05) is 0 Å². The number of rotatable bonds is 11. The van der Waals surface area contributed by atoms with E-state index < -0.39 is 0 Å². The number of carbonyl (C=O) groups is 2. The van der Waals surface area contributed by atoms with Gasteiger partial charge in [0.1, 0.15) is 26.2 Å². The lowest BCUT2D eigenvalue weighted by molar-refractivity contribution is -0.909. The van der Waals surface area contributed by atoms with Gasteiger partial charge >= 0.3 is 0 Å². The van der Waals surface area contributed by atoms with Gasteiger partial charge in [0, 0.05) is 13.1 Å². The van der Waals surface area contributed by atoms with Gasteiger partial charge in [0.15, 0.2) is 13.1 Å². The van der Waals surface area contributed by atoms with Gasteiger partial charge in [-0.15, -0.1) is 0 Å². The molecule has 2 amide bonds. The van der Waals surface area contributed by atoms with Crippen LogP contribution in [0.5, 0.6) is 0 Å². The molecule has 0 unspecified atom stereocenters. The monoisotopic (exact) mass is 400 g/mol. The summed E-state index contributed by atoms with van der Waals surface area (Å²) in [6.07, 6.45) is 4.12. The highest BCUT2D eigenvalue weighted by Gasteiger charge is 2.28. The van der Waals surface area contributed by atoms with Gasteiger partial charge in [-0.05, 0) is 12.8 Å². The number of nitrogens with one attached hydrogen (secondary N) is 2. The number of likely N-dealkylation sites (N-methyl/N-ethyl adjacent to an activating group) is 2. The fraction of sp³-hybridized carbons (Fsp3) is 0.900. The minimum absolute atomic E-state index is 0.136. The second-order valence-electron chi connectivity index (χ2n) is 8.79. The molecular weight excluding hydrogens is 360 g/mol. The zero-order chi connectivity index (χ0) is 20.3. The minimum Gasteiger partial charge on any atom is -0.370 e. The van der Waals surface area contributed by atoms with Crippen LogP contribution in [0, 0.1) is 0 Å². The van der Waals surface area contributed by atoms with Crippen LogP contribution in [0.4, 0.5) is 0 Å². The normalized spacial score (nSPS) is 21.1. The minimum atomic E-state index is 0.136. The standard InChI is InChI=1S/C20H38N4O4/c1-23(9-13-27-14-10-23)17-19(25)21-7-5-3-4-6-8-22-20(26)18-24(2)11-15-28-16-12-24/h3-18H2,1-2H3/p+2. The first kappa shape index (κ1) is 23.1. The van der Waals surface area contributed by atoms with Gasteiger partial charge in [-0.25, -0.2) is 0 Å². The lowest BCUT2D eigenvalue weighted by atomic mass is 10.2. The zero-order valence-corrected chi connectivity index (χ0v) is 17.8. The fourth-order valence-electron chi connectivity index (χ4n) is 3.75. The molecule has 0 aromatic carbocycles. The maximum Gasteiger partial charge on any atom is 0.275 e. The summed E-state index contributed by atoms with van der Waals surface area (Å²) in [6, 6.07) is 0. The molecule has 0 aliphatic carbocycles. The van der Waals surface area contributed by atoms with Gasteiger partial charge in [-0.1, -0.05) is 12.8 Å². The van der Waals surface area contributed by atoms with Crippen molar-refractivity contribution < 1.29 is 28.0 Å². The third-order valence-corrected chi connectivity index (χ3v) is 5.90. The van der Waals surface area contributed by atoms with Crippen molar-refractivity contribution in [3.63, 3.8) is 0 Å². The molecule has 162 valence electrons. The molecule has 2 N–H and O–H groups in total. The van der Waals surface area contributed by atoms with Crippen molar-refractivity contribution in [3.8, 4) is 0 Å². The molecule has 0 aromatic rings. The third-order valence-electron chi connectivity index (χ3n) is 5.90. The van der Waals surface area contributed by atoms with Crippen molar-refractivity contribution >= 4 is 11.8 Å². The molecule has 0 saturated carbocycles. The summed E-state index contributed by atoms with van der Waals surface area (Å²) in [4.78, 5) is 24.2. The van der Waals surface area contributed by atoms with Crippen molar-refractivity contribution in [3.05, 3.63) is 0 Å². The van der Waals surface area contributed by atoms with Crippen molar-refractivity contribution in [2.24, 2.45) is 0 Å². The Morgan fingerprint density at radius 1 is 0.679 bits per heavy atom. The van der Waals surface area contributed by atoms with E-state index in [0.29, 0.717) is 13.1 Å². The lowest BCUT2D eigenvalue weighted by Crippen LogP contribution is -2.56. The van der Waals surface area contributed by atoms with E-state index in [0.717, 1.165) is 100 Å². The molecule has 2 heterocycles. The van der Waals surface area contributed by atoms with E-state index in [9.17, 15) is 9.59 Å². The Bertz CT molecular complexity index is 445. The van der Waals surface area contributed by atoms with Crippen LogP contribution in [0.3, 0.4) is 0 Å². The Morgan fingerprint density at radius 3 is 1.39 bits per heavy atom. The predicted octanol–water partition coefficient (Wildman–Crippen LogP) is -0.267. The number of carbonyl (C=O) groups excluding carboxylic acids is 2. The molecule has 2 fully saturated rings. The summed E-state index contributed by atoms with van der Waals surface area (Å²) < 4.78 is 12.3.